The maximum atomic E-state index is 10.9. The highest BCUT2D eigenvalue weighted by Crippen LogP contribution is 2.43. The van der Waals surface area contributed by atoms with E-state index in [0.29, 0.717) is 5.92 Å². The second kappa shape index (κ2) is 5.59. The van der Waals surface area contributed by atoms with Gasteiger partial charge in [0.05, 0.1) is 5.60 Å². The minimum Gasteiger partial charge on any atom is -0.385 e. The summed E-state index contributed by atoms with van der Waals surface area (Å²) in [6.07, 6.45) is 3.69. The number of halogens is 1. The first-order chi connectivity index (χ1) is 9.67. The Morgan fingerprint density at radius 2 is 1.50 bits per heavy atom. The van der Waals surface area contributed by atoms with Crippen LogP contribution in [0.2, 0.25) is 5.02 Å². The van der Waals surface area contributed by atoms with Crippen LogP contribution in [0.4, 0.5) is 0 Å². The zero-order valence-corrected chi connectivity index (χ0v) is 12.2. The third-order valence-electron chi connectivity index (χ3n) is 4.47. The molecular weight excluding hydrogens is 268 g/mol. The van der Waals surface area contributed by atoms with Crippen LogP contribution in [0.5, 0.6) is 0 Å². The fourth-order valence-corrected chi connectivity index (χ4v) is 3.33. The van der Waals surface area contributed by atoms with E-state index in [1.807, 2.05) is 24.3 Å². The van der Waals surface area contributed by atoms with Crippen LogP contribution in [0, 0.1) is 0 Å². The Morgan fingerprint density at radius 3 is 2.10 bits per heavy atom. The molecule has 3 rings (SSSR count). The average Bonchev–Trinajstić information content (AvgIpc) is 2.49. The minimum absolute atomic E-state index is 0.573. The Balaban J connectivity index is 1.73. The van der Waals surface area contributed by atoms with Gasteiger partial charge in [-0.3, -0.25) is 0 Å². The summed E-state index contributed by atoms with van der Waals surface area (Å²) in [7, 11) is 0. The van der Waals surface area contributed by atoms with Crippen LogP contribution >= 0.6 is 11.6 Å². The molecule has 0 radical (unpaired) electrons. The third-order valence-corrected chi connectivity index (χ3v) is 4.72. The van der Waals surface area contributed by atoms with Gasteiger partial charge in [-0.25, -0.2) is 0 Å². The largest absolute Gasteiger partial charge is 0.385 e. The van der Waals surface area contributed by atoms with Gasteiger partial charge in [0.15, 0.2) is 0 Å². The van der Waals surface area contributed by atoms with Gasteiger partial charge < -0.3 is 5.11 Å². The monoisotopic (exact) mass is 286 g/mol. The zero-order chi connectivity index (χ0) is 14.0. The molecule has 1 N–H and O–H groups in total. The maximum absolute atomic E-state index is 10.9. The van der Waals surface area contributed by atoms with E-state index < -0.39 is 5.60 Å². The van der Waals surface area contributed by atoms with E-state index in [-0.39, 0.29) is 0 Å². The minimum atomic E-state index is -0.685. The third kappa shape index (κ3) is 2.74. The summed E-state index contributed by atoms with van der Waals surface area (Å²) in [6, 6.07) is 18.2. The molecule has 1 fully saturated rings. The van der Waals surface area contributed by atoms with Crippen LogP contribution in [-0.4, -0.2) is 5.11 Å². The van der Waals surface area contributed by atoms with Gasteiger partial charge >= 0.3 is 0 Å². The van der Waals surface area contributed by atoms with Crippen molar-refractivity contribution in [2.45, 2.75) is 37.2 Å². The van der Waals surface area contributed by atoms with Crippen molar-refractivity contribution in [1.82, 2.24) is 0 Å². The van der Waals surface area contributed by atoms with Crippen LogP contribution in [0.25, 0.3) is 0 Å². The molecule has 2 aromatic rings. The van der Waals surface area contributed by atoms with Crippen molar-refractivity contribution < 1.29 is 5.11 Å². The fraction of sp³-hybridized carbons (Fsp3) is 0.333. The number of hydrogen-bond acceptors (Lipinski definition) is 1. The molecule has 1 saturated carbocycles. The molecule has 0 amide bonds. The quantitative estimate of drug-likeness (QED) is 0.834. The van der Waals surface area contributed by atoms with E-state index in [2.05, 4.69) is 30.3 Å². The summed E-state index contributed by atoms with van der Waals surface area (Å²) in [4.78, 5) is 0. The summed E-state index contributed by atoms with van der Waals surface area (Å²) in [5.41, 5.74) is 1.70. The van der Waals surface area contributed by atoms with Gasteiger partial charge in [-0.2, -0.15) is 0 Å². The molecule has 0 unspecified atom stereocenters. The summed E-state index contributed by atoms with van der Waals surface area (Å²) in [6.45, 7) is 0. The second-order valence-electron chi connectivity index (χ2n) is 5.72. The lowest BCUT2D eigenvalue weighted by Gasteiger charge is -2.36. The van der Waals surface area contributed by atoms with Gasteiger partial charge in [0.25, 0.3) is 0 Å². The standard InChI is InChI=1S/C18H19ClO/c19-17-8-6-16(7-9-17)18(20)12-10-15(11-13-18)14-4-2-1-3-5-14/h1-9,15,20H,10-13H2. The molecule has 0 aliphatic heterocycles. The predicted octanol–water partition coefficient (Wildman–Crippen LogP) is 4.89. The van der Waals surface area contributed by atoms with Crippen LogP contribution in [0.15, 0.2) is 54.6 Å². The maximum Gasteiger partial charge on any atom is 0.0897 e. The fourth-order valence-electron chi connectivity index (χ4n) is 3.20. The molecule has 1 aliphatic rings. The highest BCUT2D eigenvalue weighted by Gasteiger charge is 2.35. The Bertz CT molecular complexity index is 554. The lowest BCUT2D eigenvalue weighted by molar-refractivity contribution is -0.00565. The Kier molecular flexibility index (Phi) is 3.82. The van der Waals surface area contributed by atoms with Crippen molar-refractivity contribution in [2.24, 2.45) is 0 Å². The molecule has 0 bridgehead atoms. The zero-order valence-electron chi connectivity index (χ0n) is 11.4. The van der Waals surface area contributed by atoms with Crippen molar-refractivity contribution in [3.63, 3.8) is 0 Å². The molecule has 1 nitrogen and oxygen atoms in total. The predicted molar refractivity (Wildman–Crippen MR) is 83.0 cm³/mol. The van der Waals surface area contributed by atoms with E-state index in [1.165, 1.54) is 5.56 Å². The molecule has 0 spiro atoms. The van der Waals surface area contributed by atoms with Crippen molar-refractivity contribution in [3.8, 4) is 0 Å². The molecule has 104 valence electrons. The lowest BCUT2D eigenvalue weighted by atomic mass is 9.73. The molecule has 0 atom stereocenters. The van der Waals surface area contributed by atoms with Crippen molar-refractivity contribution in [1.29, 1.82) is 0 Å². The molecule has 1 aliphatic carbocycles. The smallest absolute Gasteiger partial charge is 0.0897 e. The van der Waals surface area contributed by atoms with Crippen LogP contribution in [-0.2, 0) is 5.60 Å². The van der Waals surface area contributed by atoms with Gasteiger partial charge in [0, 0.05) is 5.02 Å². The van der Waals surface area contributed by atoms with Gasteiger partial charge in [0.2, 0.25) is 0 Å². The van der Waals surface area contributed by atoms with Crippen LogP contribution in [0.3, 0.4) is 0 Å². The van der Waals surface area contributed by atoms with Crippen molar-refractivity contribution >= 4 is 11.6 Å². The molecule has 0 saturated heterocycles. The van der Waals surface area contributed by atoms with Gasteiger partial charge in [-0.05, 0) is 54.9 Å². The Morgan fingerprint density at radius 1 is 0.900 bits per heavy atom. The normalized spacial score (nSPS) is 26.4. The molecule has 2 aromatic carbocycles. The second-order valence-corrected chi connectivity index (χ2v) is 6.16. The molecule has 0 aromatic heterocycles. The summed E-state index contributed by atoms with van der Waals surface area (Å²) in [5.74, 6) is 0.573. The summed E-state index contributed by atoms with van der Waals surface area (Å²) in [5, 5.41) is 11.6. The van der Waals surface area contributed by atoms with Gasteiger partial charge in [0.1, 0.15) is 0 Å². The van der Waals surface area contributed by atoms with Crippen molar-refractivity contribution in [3.05, 3.63) is 70.7 Å². The molecule has 0 heterocycles. The molecule has 20 heavy (non-hydrogen) atoms. The Labute approximate surface area is 125 Å². The first-order valence-corrected chi connectivity index (χ1v) is 7.58. The van der Waals surface area contributed by atoms with E-state index in [9.17, 15) is 5.11 Å². The number of rotatable bonds is 2. The Hall–Kier alpha value is -1.31. The summed E-state index contributed by atoms with van der Waals surface area (Å²) >= 11 is 5.92. The highest BCUT2D eigenvalue weighted by molar-refractivity contribution is 6.30. The van der Waals surface area contributed by atoms with E-state index in [4.69, 9.17) is 11.6 Å². The van der Waals surface area contributed by atoms with E-state index >= 15 is 0 Å². The van der Waals surface area contributed by atoms with E-state index in [0.717, 1.165) is 36.3 Å². The first kappa shape index (κ1) is 13.7. The van der Waals surface area contributed by atoms with Crippen molar-refractivity contribution in [2.75, 3.05) is 0 Å². The number of benzene rings is 2. The molecule has 2 heteroatoms. The summed E-state index contributed by atoms with van der Waals surface area (Å²) < 4.78 is 0. The van der Waals surface area contributed by atoms with Gasteiger partial charge in [-0.15, -0.1) is 0 Å². The van der Waals surface area contributed by atoms with Crippen LogP contribution in [0.1, 0.15) is 42.7 Å². The number of hydrogen-bond donors (Lipinski definition) is 1. The van der Waals surface area contributed by atoms with Crippen LogP contribution < -0.4 is 0 Å². The average molecular weight is 287 g/mol. The lowest BCUT2D eigenvalue weighted by Crippen LogP contribution is -2.30. The number of aliphatic hydroxyl groups is 1. The first-order valence-electron chi connectivity index (χ1n) is 7.21. The molecular formula is C18H19ClO. The highest BCUT2D eigenvalue weighted by atomic mass is 35.5. The topological polar surface area (TPSA) is 20.2 Å². The van der Waals surface area contributed by atoms with Gasteiger partial charge in [-0.1, -0.05) is 54.1 Å². The van der Waals surface area contributed by atoms with E-state index in [1.54, 1.807) is 0 Å². The SMILES string of the molecule is OC1(c2ccc(Cl)cc2)CCC(c2ccccc2)CC1.